The summed E-state index contributed by atoms with van der Waals surface area (Å²) in [5.41, 5.74) is 11.1. The third-order valence-corrected chi connectivity index (χ3v) is 12.8. The Morgan fingerprint density at radius 1 is 1.16 bits per heavy atom. The van der Waals surface area contributed by atoms with Gasteiger partial charge in [0.1, 0.15) is 41.3 Å². The molecule has 3 saturated heterocycles. The zero-order valence-corrected chi connectivity index (χ0v) is 36.4. The fourth-order valence-corrected chi connectivity index (χ4v) is 9.05. The van der Waals surface area contributed by atoms with Gasteiger partial charge in [-0.15, -0.1) is 5.10 Å². The molecule has 0 spiro atoms. The Bertz CT molecular complexity index is 2390. The van der Waals surface area contributed by atoms with Crippen molar-refractivity contribution in [2.75, 3.05) is 38.3 Å². The summed E-state index contributed by atoms with van der Waals surface area (Å²) in [6.45, 7) is 10.7. The number of hydrogen-bond acceptors (Lipinski definition) is 12. The van der Waals surface area contributed by atoms with Crippen molar-refractivity contribution in [1.29, 1.82) is 5.41 Å². The quantitative estimate of drug-likeness (QED) is 0.0635. The summed E-state index contributed by atoms with van der Waals surface area (Å²) in [7, 11) is 1.61. The number of piperazine rings is 1. The highest BCUT2D eigenvalue weighted by molar-refractivity contribution is 5.99. The van der Waals surface area contributed by atoms with E-state index in [9.17, 15) is 9.90 Å². The number of fused-ring (bicyclic) bond motifs is 3. The molecule has 14 nitrogen and oxygen atoms in total. The summed E-state index contributed by atoms with van der Waals surface area (Å²) in [5, 5.41) is 33.3. The molecule has 15 heteroatoms. The topological polar surface area (TPSA) is 181 Å². The Morgan fingerprint density at radius 2 is 1.95 bits per heavy atom. The molecule has 1 aliphatic carbocycles. The Balaban J connectivity index is 0.978. The molecule has 5 N–H and O–H groups in total. The Labute approximate surface area is 362 Å². The van der Waals surface area contributed by atoms with Crippen molar-refractivity contribution >= 4 is 34.9 Å². The number of anilines is 1. The van der Waals surface area contributed by atoms with Gasteiger partial charge in [-0.25, -0.2) is 9.07 Å². The van der Waals surface area contributed by atoms with Crippen LogP contribution in [-0.4, -0.2) is 105 Å². The average Bonchev–Trinajstić information content (AvgIpc) is 3.58. The van der Waals surface area contributed by atoms with Crippen molar-refractivity contribution in [2.24, 2.45) is 11.7 Å². The van der Waals surface area contributed by atoms with Crippen LogP contribution in [0.1, 0.15) is 94.9 Å². The van der Waals surface area contributed by atoms with E-state index in [1.807, 2.05) is 56.1 Å². The van der Waals surface area contributed by atoms with Crippen LogP contribution >= 0.6 is 0 Å². The fourth-order valence-electron chi connectivity index (χ4n) is 9.05. The molecule has 5 heterocycles. The van der Waals surface area contributed by atoms with Crippen LogP contribution in [0.2, 0.25) is 0 Å². The largest absolute Gasteiger partial charge is 0.505 e. The lowest BCUT2D eigenvalue weighted by Gasteiger charge is -2.30. The molecular weight excluding hydrogens is 788 g/mol. The monoisotopic (exact) mass is 846 g/mol. The average molecular weight is 847 g/mol. The number of hydrogen-bond donors (Lipinski definition) is 4. The smallest absolute Gasteiger partial charge is 0.319 e. The van der Waals surface area contributed by atoms with Gasteiger partial charge in [-0.05, 0) is 106 Å². The number of aryl methyl sites for hydroxylation is 1. The number of rotatable bonds is 17. The Hall–Kier alpha value is -5.67. The van der Waals surface area contributed by atoms with E-state index in [2.05, 4.69) is 33.5 Å². The normalized spacial score (nSPS) is 21.7. The molecule has 328 valence electrons. The molecule has 2 aromatic heterocycles. The second-order valence-electron chi connectivity index (χ2n) is 17.7. The lowest BCUT2D eigenvalue weighted by Crippen LogP contribution is -2.44. The Kier molecular flexibility index (Phi) is 12.7. The molecule has 0 radical (unpaired) electrons. The molecule has 1 amide bonds. The number of methoxy groups -OCH3 is 1. The molecule has 4 aliphatic rings. The van der Waals surface area contributed by atoms with Gasteiger partial charge in [0.15, 0.2) is 0 Å². The number of carbonyl (C=O) groups is 1. The summed E-state index contributed by atoms with van der Waals surface area (Å²) in [6.07, 6.45) is 13.1. The fraction of sp³-hybridized carbons (Fsp3) is 0.489. The molecular formula is C47H59FN10O4. The molecule has 8 rings (SSSR count). The van der Waals surface area contributed by atoms with Crippen molar-refractivity contribution in [3.8, 4) is 23.0 Å². The molecule has 2 aromatic carbocycles. The number of amides is 1. The number of ether oxygens (including phenoxy) is 2. The van der Waals surface area contributed by atoms with E-state index in [4.69, 9.17) is 30.6 Å². The lowest BCUT2D eigenvalue weighted by atomic mass is 9.96. The number of allylic oxidation sites excluding steroid dienone is 4. The summed E-state index contributed by atoms with van der Waals surface area (Å²) in [4.78, 5) is 27.3. The van der Waals surface area contributed by atoms with E-state index in [1.54, 1.807) is 17.9 Å². The van der Waals surface area contributed by atoms with Gasteiger partial charge < -0.3 is 40.8 Å². The highest BCUT2D eigenvalue weighted by atomic mass is 19.1. The third-order valence-electron chi connectivity index (χ3n) is 12.8. The van der Waals surface area contributed by atoms with Crippen molar-refractivity contribution < 1.29 is 23.8 Å². The van der Waals surface area contributed by atoms with E-state index >= 15 is 4.39 Å². The number of aromatic nitrogens is 5. The number of carbonyl (C=O) groups excluding carboxylic acids is 1. The number of aromatic hydroxyl groups is 1. The Morgan fingerprint density at radius 3 is 2.60 bits per heavy atom. The van der Waals surface area contributed by atoms with Crippen molar-refractivity contribution in [2.45, 2.75) is 109 Å². The van der Waals surface area contributed by atoms with Gasteiger partial charge >= 0.3 is 6.01 Å². The summed E-state index contributed by atoms with van der Waals surface area (Å²) in [5.74, 6) is 0.511. The first-order valence-electron chi connectivity index (χ1n) is 22.0. The number of halogens is 1. The minimum Gasteiger partial charge on any atom is -0.505 e. The molecule has 62 heavy (non-hydrogen) atoms. The highest BCUT2D eigenvalue weighted by Crippen LogP contribution is 2.48. The number of likely N-dealkylation sites (tertiary alicyclic amines) is 1. The first-order chi connectivity index (χ1) is 29.9. The molecule has 5 atom stereocenters. The van der Waals surface area contributed by atoms with E-state index in [0.29, 0.717) is 35.7 Å². The predicted octanol–water partition coefficient (Wildman–Crippen LogP) is 7.01. The third kappa shape index (κ3) is 9.10. The minimum atomic E-state index is -0.523. The van der Waals surface area contributed by atoms with Crippen LogP contribution in [-0.2, 0) is 16.0 Å². The van der Waals surface area contributed by atoms with Gasteiger partial charge in [0, 0.05) is 78.9 Å². The zero-order valence-electron chi connectivity index (χ0n) is 36.4. The molecule has 4 fully saturated rings. The second kappa shape index (κ2) is 18.4. The highest BCUT2D eigenvalue weighted by Gasteiger charge is 2.40. The SMILES string of the molecule is CO[C@@H](C)COc1nc(N2C[C@@H]3C[C@H]2CN3)c2cc(C3CC3)c(/C=C(C=N)/C(N)=C\C(F)=C\CCc3ccc(-c4cn(C(C(=O)N5CCC[C@H]5C)C(C)C)nn4)cc3)c(O)c2n1. The van der Waals surface area contributed by atoms with Crippen LogP contribution in [0.15, 0.2) is 65.8 Å². The van der Waals surface area contributed by atoms with Gasteiger partial charge in [-0.1, -0.05) is 43.3 Å². The summed E-state index contributed by atoms with van der Waals surface area (Å²) < 4.78 is 28.5. The number of benzene rings is 2. The van der Waals surface area contributed by atoms with E-state index < -0.39 is 11.9 Å². The lowest BCUT2D eigenvalue weighted by molar-refractivity contribution is -0.137. The van der Waals surface area contributed by atoms with Crippen LogP contribution in [0.5, 0.6) is 11.8 Å². The summed E-state index contributed by atoms with van der Waals surface area (Å²) >= 11 is 0. The second-order valence-corrected chi connectivity index (χ2v) is 17.7. The molecule has 4 aromatic rings. The van der Waals surface area contributed by atoms with Crippen LogP contribution < -0.4 is 20.7 Å². The van der Waals surface area contributed by atoms with E-state index in [1.165, 1.54) is 12.2 Å². The number of nitrogens with two attached hydrogens (primary N) is 1. The van der Waals surface area contributed by atoms with Crippen molar-refractivity contribution in [1.82, 2.24) is 35.2 Å². The summed E-state index contributed by atoms with van der Waals surface area (Å²) in [6, 6.07) is 10.6. The van der Waals surface area contributed by atoms with Crippen LogP contribution in [0.4, 0.5) is 10.2 Å². The maximum atomic E-state index is 15.4. The maximum Gasteiger partial charge on any atom is 0.319 e. The van der Waals surface area contributed by atoms with Crippen LogP contribution in [0, 0.1) is 11.3 Å². The number of phenolic OH excluding ortho intramolecular Hbond substituents is 1. The van der Waals surface area contributed by atoms with E-state index in [-0.39, 0.29) is 65.6 Å². The van der Waals surface area contributed by atoms with Crippen molar-refractivity contribution in [3.63, 3.8) is 0 Å². The number of nitrogens with zero attached hydrogens (tertiary/aromatic N) is 7. The molecule has 1 saturated carbocycles. The van der Waals surface area contributed by atoms with Crippen LogP contribution in [0.25, 0.3) is 28.2 Å². The molecule has 1 unspecified atom stereocenters. The van der Waals surface area contributed by atoms with E-state index in [0.717, 1.165) is 85.8 Å². The molecule has 3 aliphatic heterocycles. The number of phenols is 1. The van der Waals surface area contributed by atoms with Gasteiger partial charge in [0.2, 0.25) is 5.91 Å². The van der Waals surface area contributed by atoms with Gasteiger partial charge in [0.05, 0.1) is 12.3 Å². The standard InChI is InChI=1S/C47H59FN10O4/c1-27(2)43(46(60)56-17-7-8-28(56)3)58-25-41(54-55-58)32-13-11-30(12-14-32)9-6-10-34(48)19-40(50)33(22-49)18-38-37(31-15-16-31)21-39-42(44(38)59)52-47(62-26-29(4)61-5)53-45(39)57-24-35-20-36(57)23-51-35/h10-14,18-19,21-22,25,27-29,31,35-36,43,49,51,59H,6-9,15-17,20,23-24,26,50H2,1-5H3/b33-18+,34-10-,40-19+,49-22?/t28-,29+,35+,36+,43?/m1/s1. The van der Waals surface area contributed by atoms with Gasteiger partial charge in [-0.2, -0.15) is 9.97 Å². The first kappa shape index (κ1) is 43.0. The van der Waals surface area contributed by atoms with Crippen LogP contribution in [0.3, 0.4) is 0 Å². The maximum absolute atomic E-state index is 15.4. The first-order valence-corrected chi connectivity index (χ1v) is 22.0. The predicted molar refractivity (Wildman–Crippen MR) is 239 cm³/mol. The molecule has 2 bridgehead atoms. The zero-order chi connectivity index (χ0) is 43.7. The van der Waals surface area contributed by atoms with Crippen molar-refractivity contribution in [3.05, 3.63) is 82.5 Å². The van der Waals surface area contributed by atoms with Gasteiger partial charge in [-0.3, -0.25) is 4.79 Å². The van der Waals surface area contributed by atoms with Gasteiger partial charge in [0.25, 0.3) is 0 Å². The number of nitrogens with one attached hydrogen (secondary N) is 2. The minimum absolute atomic E-state index is 0.0546.